The van der Waals surface area contributed by atoms with Crippen molar-refractivity contribution in [3.63, 3.8) is 0 Å². The number of anilines is 3. The molecule has 17 heteroatoms. The third-order valence-electron chi connectivity index (χ3n) is 5.26. The van der Waals surface area contributed by atoms with Crippen LogP contribution in [0.2, 0.25) is 0 Å². The Labute approximate surface area is 216 Å². The topological polar surface area (TPSA) is 154 Å². The number of hydroxylamine groups is 2. The molecule has 13 nitrogen and oxygen atoms in total. The Balaban J connectivity index is 1.37. The van der Waals surface area contributed by atoms with Crippen LogP contribution in [0.3, 0.4) is 0 Å². The minimum Gasteiger partial charge on any atom is -0.476 e. The largest absolute Gasteiger partial charge is 0.476 e. The molecule has 0 bridgehead atoms. The molecule has 0 aliphatic carbocycles. The summed E-state index contributed by atoms with van der Waals surface area (Å²) >= 11 is 0.937. The number of thiazole rings is 1. The smallest absolute Gasteiger partial charge is 0.419 e. The highest BCUT2D eigenvalue weighted by Gasteiger charge is 2.30. The fraction of sp³-hybridized carbons (Fsp3) is 0.286. The number of urea groups is 1. The predicted molar refractivity (Wildman–Crippen MR) is 125 cm³/mol. The van der Waals surface area contributed by atoms with E-state index in [-0.39, 0.29) is 60.7 Å². The molecule has 1 aromatic heterocycles. The van der Waals surface area contributed by atoms with Crippen LogP contribution in [-0.4, -0.2) is 78.4 Å². The number of carboxylic acid groups (broad SMARTS) is 1. The van der Waals surface area contributed by atoms with E-state index in [9.17, 15) is 28.0 Å². The predicted octanol–water partition coefficient (Wildman–Crippen LogP) is 2.45. The summed E-state index contributed by atoms with van der Waals surface area (Å²) in [5, 5.41) is 15.6. The van der Waals surface area contributed by atoms with Crippen LogP contribution in [0.1, 0.15) is 10.5 Å². The number of carbonyl (C=O) groups is 4. The third kappa shape index (κ3) is 6.12. The van der Waals surface area contributed by atoms with E-state index in [1.54, 1.807) is 4.90 Å². The molecule has 0 radical (unpaired) electrons. The average Bonchev–Trinajstić information content (AvgIpc) is 3.41. The maximum atomic E-state index is 15.0. The van der Waals surface area contributed by atoms with Gasteiger partial charge in [0, 0.05) is 24.7 Å². The second-order valence-electron chi connectivity index (χ2n) is 7.71. The Morgan fingerprint density at radius 3 is 2.68 bits per heavy atom. The number of aromatic carboxylic acids is 1. The van der Waals surface area contributed by atoms with E-state index in [4.69, 9.17) is 14.7 Å². The number of amides is 4. The van der Waals surface area contributed by atoms with Crippen LogP contribution in [0.15, 0.2) is 35.5 Å². The second kappa shape index (κ2) is 11.3. The fourth-order valence-electron chi connectivity index (χ4n) is 3.46. The standard InChI is InChI=1S/C21H19F3N6O7S/c22-13-7-11(29-9-12(37-21(29)35)8-25-17(31)16(23)24)1-2-15(13)28-3-4-30(36-6-5-28)20(34)27-19-26-14(10-38-19)18(32)33/h1-2,7-8,10,16H,3-6,9H2,(H,25,31)(H,32,33)(H,26,27,34)/b12-8-. The molecule has 4 rings (SSSR count). The lowest BCUT2D eigenvalue weighted by molar-refractivity contribution is -0.130. The number of benzene rings is 1. The molecule has 3 N–H and O–H groups in total. The number of cyclic esters (lactones) is 1. The minimum atomic E-state index is -3.24. The maximum absolute atomic E-state index is 15.0. The molecule has 2 aliphatic heterocycles. The number of carboxylic acids is 1. The second-order valence-corrected chi connectivity index (χ2v) is 8.56. The van der Waals surface area contributed by atoms with Crippen molar-refractivity contribution < 1.29 is 47.0 Å². The van der Waals surface area contributed by atoms with Gasteiger partial charge in [-0.1, -0.05) is 0 Å². The molecular formula is C21H19F3N6O7S. The summed E-state index contributed by atoms with van der Waals surface area (Å²) in [6.07, 6.45) is -3.27. The number of nitrogens with zero attached hydrogens (tertiary/aromatic N) is 4. The van der Waals surface area contributed by atoms with E-state index in [2.05, 4.69) is 10.3 Å². The molecule has 2 fully saturated rings. The molecule has 38 heavy (non-hydrogen) atoms. The molecule has 4 amide bonds. The number of rotatable bonds is 6. The fourth-order valence-corrected chi connectivity index (χ4v) is 4.13. The van der Waals surface area contributed by atoms with Gasteiger partial charge in [0.1, 0.15) is 11.6 Å². The molecule has 0 atom stereocenters. The van der Waals surface area contributed by atoms with Crippen molar-refractivity contribution in [2.75, 3.05) is 47.9 Å². The number of aromatic nitrogens is 1. The van der Waals surface area contributed by atoms with Gasteiger partial charge >= 0.3 is 24.5 Å². The Morgan fingerprint density at radius 2 is 2.00 bits per heavy atom. The van der Waals surface area contributed by atoms with E-state index in [1.807, 2.05) is 5.32 Å². The van der Waals surface area contributed by atoms with Crippen molar-refractivity contribution in [3.8, 4) is 0 Å². The van der Waals surface area contributed by atoms with Crippen molar-refractivity contribution in [3.05, 3.63) is 47.0 Å². The maximum Gasteiger partial charge on any atom is 0.419 e. The van der Waals surface area contributed by atoms with Crippen molar-refractivity contribution in [1.82, 2.24) is 15.4 Å². The lowest BCUT2D eigenvalue weighted by Crippen LogP contribution is -2.37. The van der Waals surface area contributed by atoms with Crippen molar-refractivity contribution in [2.45, 2.75) is 6.43 Å². The summed E-state index contributed by atoms with van der Waals surface area (Å²) < 4.78 is 44.6. The van der Waals surface area contributed by atoms with Gasteiger partial charge in [0.25, 0.3) is 5.91 Å². The normalized spacial score (nSPS) is 17.0. The van der Waals surface area contributed by atoms with Gasteiger partial charge in [0.15, 0.2) is 10.8 Å². The molecule has 0 saturated carbocycles. The highest BCUT2D eigenvalue weighted by atomic mass is 32.1. The first-order chi connectivity index (χ1) is 18.1. The first kappa shape index (κ1) is 26.7. The summed E-state index contributed by atoms with van der Waals surface area (Å²) in [4.78, 5) is 58.4. The van der Waals surface area contributed by atoms with E-state index in [0.29, 0.717) is 0 Å². The molecule has 2 saturated heterocycles. The van der Waals surface area contributed by atoms with Crippen LogP contribution in [0.25, 0.3) is 0 Å². The molecule has 0 spiro atoms. The quantitative estimate of drug-likeness (QED) is 0.487. The number of halogens is 3. The number of alkyl halides is 2. The van der Waals surface area contributed by atoms with Gasteiger partial charge < -0.3 is 20.1 Å². The molecule has 2 aromatic rings. The lowest BCUT2D eigenvalue weighted by Gasteiger charge is -2.23. The van der Waals surface area contributed by atoms with Crippen LogP contribution in [0.4, 0.5) is 39.3 Å². The van der Waals surface area contributed by atoms with Crippen LogP contribution in [-0.2, 0) is 14.4 Å². The number of ether oxygens (including phenoxy) is 1. The Hall–Kier alpha value is -4.38. The van der Waals surface area contributed by atoms with Crippen LogP contribution >= 0.6 is 11.3 Å². The molecule has 202 valence electrons. The zero-order valence-corrected chi connectivity index (χ0v) is 20.0. The van der Waals surface area contributed by atoms with Gasteiger partial charge in [0.05, 0.1) is 31.1 Å². The van der Waals surface area contributed by atoms with Crippen LogP contribution in [0, 0.1) is 5.82 Å². The van der Waals surface area contributed by atoms with Gasteiger partial charge in [-0.25, -0.2) is 28.8 Å². The molecule has 2 aliphatic rings. The Kier molecular flexibility index (Phi) is 7.96. The summed E-state index contributed by atoms with van der Waals surface area (Å²) in [6, 6.07) is 3.31. The number of hydrogen-bond acceptors (Lipinski definition) is 9. The molecule has 1 aromatic carbocycles. The number of nitrogens with one attached hydrogen (secondary N) is 2. The Morgan fingerprint density at radius 1 is 1.21 bits per heavy atom. The van der Waals surface area contributed by atoms with Crippen molar-refractivity contribution in [2.24, 2.45) is 0 Å². The zero-order valence-electron chi connectivity index (χ0n) is 19.2. The van der Waals surface area contributed by atoms with E-state index >= 15 is 4.39 Å². The first-order valence-corrected chi connectivity index (χ1v) is 11.7. The van der Waals surface area contributed by atoms with Gasteiger partial charge in [0.2, 0.25) is 0 Å². The van der Waals surface area contributed by atoms with Gasteiger partial charge in [-0.15, -0.1) is 11.3 Å². The summed E-state index contributed by atoms with van der Waals surface area (Å²) in [6.45, 7) is 0.272. The zero-order chi connectivity index (χ0) is 27.4. The van der Waals surface area contributed by atoms with Gasteiger partial charge in [-0.2, -0.15) is 8.78 Å². The third-order valence-corrected chi connectivity index (χ3v) is 6.01. The Bertz CT molecular complexity index is 1290. The van der Waals surface area contributed by atoms with E-state index < -0.39 is 36.2 Å². The SMILES string of the molecule is O=C(O)c1csc(NC(=O)N2CCN(c3ccc(N4C/C(=C/NC(=O)C(F)F)OC4=O)cc3F)CCO2)n1. The number of carbonyl (C=O) groups excluding carboxylic acids is 3. The first-order valence-electron chi connectivity index (χ1n) is 10.8. The molecule has 3 heterocycles. The molecule has 0 unspecified atom stereocenters. The monoisotopic (exact) mass is 556 g/mol. The number of hydrogen-bond donors (Lipinski definition) is 3. The molecular weight excluding hydrogens is 537 g/mol. The minimum absolute atomic E-state index is 0.0315. The van der Waals surface area contributed by atoms with E-state index in [1.165, 1.54) is 17.5 Å². The van der Waals surface area contributed by atoms with Gasteiger partial charge in [-0.05, 0) is 18.2 Å². The van der Waals surface area contributed by atoms with Crippen molar-refractivity contribution in [1.29, 1.82) is 0 Å². The van der Waals surface area contributed by atoms with Crippen LogP contribution in [0.5, 0.6) is 0 Å². The van der Waals surface area contributed by atoms with E-state index in [0.717, 1.165) is 33.6 Å². The average molecular weight is 556 g/mol. The van der Waals surface area contributed by atoms with Crippen LogP contribution < -0.4 is 20.4 Å². The summed E-state index contributed by atoms with van der Waals surface area (Å²) in [7, 11) is 0. The van der Waals surface area contributed by atoms with Gasteiger partial charge in [-0.3, -0.25) is 19.8 Å². The highest BCUT2D eigenvalue weighted by Crippen LogP contribution is 2.29. The summed E-state index contributed by atoms with van der Waals surface area (Å²) in [5.74, 6) is -3.57. The highest BCUT2D eigenvalue weighted by molar-refractivity contribution is 7.14. The summed E-state index contributed by atoms with van der Waals surface area (Å²) in [5.41, 5.74) is 0.106. The van der Waals surface area contributed by atoms with Crippen molar-refractivity contribution >= 4 is 51.8 Å². The lowest BCUT2D eigenvalue weighted by atomic mass is 10.2.